The van der Waals surface area contributed by atoms with Crippen LogP contribution < -0.4 is 5.32 Å². The maximum atomic E-state index is 3.60. The maximum Gasteiger partial charge on any atom is 0.00779 e. The zero-order valence-corrected chi connectivity index (χ0v) is 12.0. The summed E-state index contributed by atoms with van der Waals surface area (Å²) in [7, 11) is 0. The number of halogens is 1. The highest BCUT2D eigenvalue weighted by Gasteiger charge is 2.13. The molecular weight excluding hydrogens is 250 g/mol. The van der Waals surface area contributed by atoms with Gasteiger partial charge in [-0.3, -0.25) is 0 Å². The number of allylic oxidation sites excluding steroid dienone is 2. The van der Waals surface area contributed by atoms with E-state index in [-0.39, 0.29) is 0 Å². The zero-order chi connectivity index (χ0) is 11.5. The lowest BCUT2D eigenvalue weighted by Gasteiger charge is -2.21. The summed E-state index contributed by atoms with van der Waals surface area (Å²) in [4.78, 5) is 0. The largest absolute Gasteiger partial charge is 0.314 e. The van der Waals surface area contributed by atoms with Crippen molar-refractivity contribution in [2.45, 2.75) is 52.5 Å². The average Bonchev–Trinajstić information content (AvgIpc) is 2.26. The minimum absolute atomic E-state index is 0.607. The lowest BCUT2D eigenvalue weighted by molar-refractivity contribution is 0.411. The first-order chi connectivity index (χ1) is 7.26. The number of unbranched alkanes of at least 4 members (excludes halogenated alkanes) is 1. The van der Waals surface area contributed by atoms with Gasteiger partial charge in [-0.2, -0.15) is 0 Å². The molecule has 0 radical (unpaired) electrons. The standard InChI is InChI=1S/C13H26BrN/c1-4-6-7-8-9-13(11-14)12(3)15-10-5-2/h7-8,12-13,15H,4-6,9-11H2,1-3H3/b8-7-/t12-,13?/m1/s1. The monoisotopic (exact) mass is 275 g/mol. The summed E-state index contributed by atoms with van der Waals surface area (Å²) in [5.41, 5.74) is 0. The molecule has 1 nitrogen and oxygen atoms in total. The molecule has 0 aromatic carbocycles. The number of hydrogen-bond acceptors (Lipinski definition) is 1. The second-order valence-corrected chi connectivity index (χ2v) is 4.80. The van der Waals surface area contributed by atoms with Gasteiger partial charge in [-0.25, -0.2) is 0 Å². The van der Waals surface area contributed by atoms with Crippen LogP contribution in [0.4, 0.5) is 0 Å². The second-order valence-electron chi connectivity index (χ2n) is 4.15. The van der Waals surface area contributed by atoms with Gasteiger partial charge in [0.2, 0.25) is 0 Å². The van der Waals surface area contributed by atoms with Crippen LogP contribution in [0.25, 0.3) is 0 Å². The van der Waals surface area contributed by atoms with Gasteiger partial charge in [0.05, 0.1) is 0 Å². The summed E-state index contributed by atoms with van der Waals surface area (Å²) in [6.45, 7) is 7.85. The summed E-state index contributed by atoms with van der Waals surface area (Å²) in [5, 5.41) is 4.64. The van der Waals surface area contributed by atoms with E-state index in [4.69, 9.17) is 0 Å². The predicted molar refractivity (Wildman–Crippen MR) is 73.7 cm³/mol. The van der Waals surface area contributed by atoms with Crippen LogP contribution >= 0.6 is 15.9 Å². The van der Waals surface area contributed by atoms with Gasteiger partial charge in [-0.1, -0.05) is 48.4 Å². The molecule has 2 heteroatoms. The Morgan fingerprint density at radius 3 is 2.47 bits per heavy atom. The third kappa shape index (κ3) is 8.04. The second kappa shape index (κ2) is 10.7. The Morgan fingerprint density at radius 2 is 1.93 bits per heavy atom. The molecule has 0 aliphatic heterocycles. The molecule has 0 saturated carbocycles. The molecule has 0 aliphatic carbocycles. The van der Waals surface area contributed by atoms with Crippen molar-refractivity contribution < 1.29 is 0 Å². The molecule has 90 valence electrons. The van der Waals surface area contributed by atoms with Crippen LogP contribution in [0, 0.1) is 5.92 Å². The third-order valence-corrected chi connectivity index (χ3v) is 3.51. The van der Waals surface area contributed by atoms with E-state index in [0.717, 1.165) is 11.9 Å². The number of rotatable bonds is 9. The molecule has 2 atom stereocenters. The molecule has 0 amide bonds. The highest BCUT2D eigenvalue weighted by Crippen LogP contribution is 2.13. The van der Waals surface area contributed by atoms with Crippen LogP contribution in [-0.2, 0) is 0 Å². The van der Waals surface area contributed by atoms with Gasteiger partial charge in [-0.15, -0.1) is 0 Å². The topological polar surface area (TPSA) is 12.0 Å². The van der Waals surface area contributed by atoms with E-state index in [1.165, 1.54) is 25.7 Å². The zero-order valence-electron chi connectivity index (χ0n) is 10.4. The van der Waals surface area contributed by atoms with Gasteiger partial charge >= 0.3 is 0 Å². The van der Waals surface area contributed by atoms with Crippen LogP contribution in [0.1, 0.15) is 46.5 Å². The first kappa shape index (κ1) is 15.2. The van der Waals surface area contributed by atoms with E-state index in [1.807, 2.05) is 0 Å². The Morgan fingerprint density at radius 1 is 1.20 bits per heavy atom. The van der Waals surface area contributed by atoms with Crippen LogP contribution in [0.5, 0.6) is 0 Å². The molecule has 0 saturated heterocycles. The van der Waals surface area contributed by atoms with E-state index in [1.54, 1.807) is 0 Å². The Hall–Kier alpha value is 0.180. The molecule has 15 heavy (non-hydrogen) atoms. The number of hydrogen-bond donors (Lipinski definition) is 1. The van der Waals surface area contributed by atoms with Crippen LogP contribution in [-0.4, -0.2) is 17.9 Å². The molecule has 0 heterocycles. The van der Waals surface area contributed by atoms with Crippen molar-refractivity contribution in [3.05, 3.63) is 12.2 Å². The smallest absolute Gasteiger partial charge is 0.00779 e. The fraction of sp³-hybridized carbons (Fsp3) is 0.846. The van der Waals surface area contributed by atoms with Crippen molar-refractivity contribution in [3.63, 3.8) is 0 Å². The van der Waals surface area contributed by atoms with E-state index in [2.05, 4.69) is 54.2 Å². The quantitative estimate of drug-likeness (QED) is 0.493. The van der Waals surface area contributed by atoms with Crippen molar-refractivity contribution in [2.75, 3.05) is 11.9 Å². The van der Waals surface area contributed by atoms with Crippen LogP contribution in [0.3, 0.4) is 0 Å². The molecule has 0 aromatic rings. The van der Waals surface area contributed by atoms with Crippen LogP contribution in [0.2, 0.25) is 0 Å². The molecule has 1 unspecified atom stereocenters. The SMILES string of the molecule is CCC/C=C\CC(CBr)[C@@H](C)NCCC. The van der Waals surface area contributed by atoms with Crippen molar-refractivity contribution in [3.8, 4) is 0 Å². The predicted octanol–water partition coefficient (Wildman–Crippen LogP) is 4.13. The van der Waals surface area contributed by atoms with Gasteiger partial charge in [0.1, 0.15) is 0 Å². The third-order valence-electron chi connectivity index (χ3n) is 2.68. The normalized spacial score (nSPS) is 15.7. The Kier molecular flexibility index (Phi) is 10.8. The summed E-state index contributed by atoms with van der Waals surface area (Å²) < 4.78 is 0. The van der Waals surface area contributed by atoms with E-state index >= 15 is 0 Å². The molecule has 0 aliphatic rings. The summed E-state index contributed by atoms with van der Waals surface area (Å²) >= 11 is 3.60. The van der Waals surface area contributed by atoms with Gasteiger partial charge in [0.15, 0.2) is 0 Å². The fourth-order valence-corrected chi connectivity index (χ4v) is 2.32. The Labute approximate surface area is 104 Å². The summed E-state index contributed by atoms with van der Waals surface area (Å²) in [6.07, 6.45) is 9.50. The molecule has 1 N–H and O–H groups in total. The van der Waals surface area contributed by atoms with E-state index in [9.17, 15) is 0 Å². The van der Waals surface area contributed by atoms with E-state index < -0.39 is 0 Å². The molecular formula is C13H26BrN. The van der Waals surface area contributed by atoms with Crippen molar-refractivity contribution in [1.29, 1.82) is 0 Å². The number of alkyl halides is 1. The highest BCUT2D eigenvalue weighted by atomic mass is 79.9. The molecule has 0 bridgehead atoms. The molecule has 0 fully saturated rings. The van der Waals surface area contributed by atoms with Crippen molar-refractivity contribution in [1.82, 2.24) is 5.32 Å². The lowest BCUT2D eigenvalue weighted by atomic mass is 9.99. The number of nitrogens with one attached hydrogen (secondary N) is 1. The fourth-order valence-electron chi connectivity index (χ4n) is 1.49. The van der Waals surface area contributed by atoms with Gasteiger partial charge in [0, 0.05) is 11.4 Å². The summed E-state index contributed by atoms with van der Waals surface area (Å²) in [6, 6.07) is 0.607. The lowest BCUT2D eigenvalue weighted by Crippen LogP contribution is -2.34. The molecule has 0 aromatic heterocycles. The average molecular weight is 276 g/mol. The maximum absolute atomic E-state index is 3.60. The van der Waals surface area contributed by atoms with Crippen molar-refractivity contribution >= 4 is 15.9 Å². The minimum atomic E-state index is 0.607. The molecule has 0 rings (SSSR count). The minimum Gasteiger partial charge on any atom is -0.314 e. The van der Waals surface area contributed by atoms with Crippen molar-refractivity contribution in [2.24, 2.45) is 5.92 Å². The first-order valence-electron chi connectivity index (χ1n) is 6.20. The highest BCUT2D eigenvalue weighted by molar-refractivity contribution is 9.09. The summed E-state index contributed by atoms with van der Waals surface area (Å²) in [5.74, 6) is 0.713. The Balaban J connectivity index is 3.78. The molecule has 0 spiro atoms. The van der Waals surface area contributed by atoms with Crippen LogP contribution in [0.15, 0.2) is 12.2 Å². The first-order valence-corrected chi connectivity index (χ1v) is 7.32. The van der Waals surface area contributed by atoms with Gasteiger partial charge < -0.3 is 5.32 Å². The van der Waals surface area contributed by atoms with Gasteiger partial charge in [-0.05, 0) is 38.6 Å². The van der Waals surface area contributed by atoms with E-state index in [0.29, 0.717) is 12.0 Å². The van der Waals surface area contributed by atoms with Gasteiger partial charge in [0.25, 0.3) is 0 Å². The Bertz CT molecular complexity index is 157.